The summed E-state index contributed by atoms with van der Waals surface area (Å²) in [4.78, 5) is 14.9. The maximum Gasteiger partial charge on any atom is 0.309 e. The third-order valence-electron chi connectivity index (χ3n) is 2.53. The zero-order valence-corrected chi connectivity index (χ0v) is 10.6. The van der Waals surface area contributed by atoms with Gasteiger partial charge in [0.25, 0.3) is 0 Å². The second kappa shape index (κ2) is 4.03. The van der Waals surface area contributed by atoms with Crippen molar-refractivity contribution in [2.24, 2.45) is 7.05 Å². The minimum atomic E-state index is -0.959. The third kappa shape index (κ3) is 1.88. The van der Waals surface area contributed by atoms with Gasteiger partial charge in [-0.15, -0.1) is 0 Å². The number of halogens is 1. The Morgan fingerprint density at radius 2 is 2.18 bits per heavy atom. The van der Waals surface area contributed by atoms with E-state index >= 15 is 0 Å². The van der Waals surface area contributed by atoms with Crippen molar-refractivity contribution < 1.29 is 9.90 Å². The lowest BCUT2D eigenvalue weighted by Crippen LogP contribution is -2.03. The Kier molecular flexibility index (Phi) is 2.82. The molecule has 0 atom stereocenters. The average Bonchev–Trinajstić information content (AvgIpc) is 2.68. The van der Waals surface area contributed by atoms with E-state index in [0.717, 1.165) is 5.82 Å². The SMILES string of the molecule is CC(C)c1nn2c(Cl)c(CC(=O)O)nc2n1C. The van der Waals surface area contributed by atoms with E-state index in [2.05, 4.69) is 10.1 Å². The van der Waals surface area contributed by atoms with Crippen LogP contribution in [0.5, 0.6) is 0 Å². The second-order valence-corrected chi connectivity index (χ2v) is 4.56. The van der Waals surface area contributed by atoms with Gasteiger partial charge >= 0.3 is 5.97 Å². The highest BCUT2D eigenvalue weighted by Gasteiger charge is 2.19. The quantitative estimate of drug-likeness (QED) is 0.903. The smallest absolute Gasteiger partial charge is 0.309 e. The molecule has 6 nitrogen and oxygen atoms in total. The van der Waals surface area contributed by atoms with Crippen molar-refractivity contribution in [2.75, 3.05) is 0 Å². The molecule has 2 heterocycles. The summed E-state index contributed by atoms with van der Waals surface area (Å²) in [5.41, 5.74) is 0.340. The summed E-state index contributed by atoms with van der Waals surface area (Å²) in [6.07, 6.45) is -0.195. The van der Waals surface area contributed by atoms with Crippen molar-refractivity contribution in [2.45, 2.75) is 26.2 Å². The van der Waals surface area contributed by atoms with Crippen LogP contribution in [0.15, 0.2) is 0 Å². The highest BCUT2D eigenvalue weighted by atomic mass is 35.5. The minimum Gasteiger partial charge on any atom is -0.481 e. The molecule has 0 radical (unpaired) electrons. The topological polar surface area (TPSA) is 72.4 Å². The van der Waals surface area contributed by atoms with Crippen molar-refractivity contribution in [3.63, 3.8) is 0 Å². The Labute approximate surface area is 103 Å². The molecule has 0 saturated carbocycles. The van der Waals surface area contributed by atoms with Crippen LogP contribution in [0, 0.1) is 0 Å². The molecule has 0 saturated heterocycles. The lowest BCUT2D eigenvalue weighted by atomic mass is 10.2. The maximum absolute atomic E-state index is 10.6. The Morgan fingerprint density at radius 3 is 2.65 bits per heavy atom. The number of carbonyl (C=O) groups is 1. The van der Waals surface area contributed by atoms with Crippen LogP contribution in [0.3, 0.4) is 0 Å². The number of aliphatic carboxylic acids is 1. The second-order valence-electron chi connectivity index (χ2n) is 4.20. The largest absolute Gasteiger partial charge is 0.481 e. The van der Waals surface area contributed by atoms with Crippen molar-refractivity contribution >= 4 is 23.3 Å². The maximum atomic E-state index is 10.6. The fourth-order valence-electron chi connectivity index (χ4n) is 1.76. The number of imidazole rings is 1. The standard InChI is InChI=1S/C10H13ClN4O2/c1-5(2)9-13-15-8(11)6(4-7(16)17)12-10(15)14(9)3/h5H,4H2,1-3H3,(H,16,17). The molecule has 17 heavy (non-hydrogen) atoms. The zero-order valence-electron chi connectivity index (χ0n) is 9.81. The Bertz CT molecular complexity index is 585. The lowest BCUT2D eigenvalue weighted by molar-refractivity contribution is -0.136. The first-order valence-electron chi connectivity index (χ1n) is 5.23. The molecule has 0 fully saturated rings. The van der Waals surface area contributed by atoms with E-state index in [-0.39, 0.29) is 17.5 Å². The Balaban J connectivity index is 2.58. The fraction of sp³-hybridized carbons (Fsp3) is 0.500. The molecule has 92 valence electrons. The van der Waals surface area contributed by atoms with Gasteiger partial charge in [-0.3, -0.25) is 9.36 Å². The summed E-state index contributed by atoms with van der Waals surface area (Å²) in [6.45, 7) is 4.04. The highest BCUT2D eigenvalue weighted by Crippen LogP contribution is 2.21. The van der Waals surface area contributed by atoms with E-state index in [1.165, 1.54) is 4.52 Å². The molecule has 0 aliphatic rings. The summed E-state index contributed by atoms with van der Waals surface area (Å²) in [7, 11) is 1.84. The number of hydrogen-bond acceptors (Lipinski definition) is 3. The average molecular weight is 257 g/mol. The summed E-state index contributed by atoms with van der Waals surface area (Å²) >= 11 is 6.05. The van der Waals surface area contributed by atoms with Gasteiger partial charge in [-0.2, -0.15) is 9.61 Å². The van der Waals surface area contributed by atoms with Gasteiger partial charge in [-0.05, 0) is 0 Å². The van der Waals surface area contributed by atoms with Crippen LogP contribution in [0.1, 0.15) is 31.3 Å². The first-order valence-corrected chi connectivity index (χ1v) is 5.61. The van der Waals surface area contributed by atoms with Crippen LogP contribution < -0.4 is 0 Å². The molecule has 0 amide bonds. The number of aromatic nitrogens is 4. The molecule has 0 aliphatic carbocycles. The van der Waals surface area contributed by atoms with E-state index in [4.69, 9.17) is 16.7 Å². The molecule has 2 aromatic heterocycles. The molecule has 0 spiro atoms. The van der Waals surface area contributed by atoms with Crippen LogP contribution >= 0.6 is 11.6 Å². The van der Waals surface area contributed by atoms with E-state index in [1.54, 1.807) is 0 Å². The number of hydrogen-bond donors (Lipinski definition) is 1. The van der Waals surface area contributed by atoms with Crippen molar-refractivity contribution in [1.29, 1.82) is 0 Å². The molecular weight excluding hydrogens is 244 g/mol. The van der Waals surface area contributed by atoms with E-state index in [0.29, 0.717) is 11.5 Å². The van der Waals surface area contributed by atoms with Gasteiger partial charge in [0.05, 0.1) is 12.1 Å². The molecular formula is C10H13ClN4O2. The predicted molar refractivity (Wildman–Crippen MR) is 62.4 cm³/mol. The van der Waals surface area contributed by atoms with Crippen molar-refractivity contribution in [1.82, 2.24) is 19.2 Å². The summed E-state index contributed by atoms with van der Waals surface area (Å²) in [5, 5.41) is 13.3. The van der Waals surface area contributed by atoms with Crippen molar-refractivity contribution in [3.05, 3.63) is 16.7 Å². The third-order valence-corrected chi connectivity index (χ3v) is 2.91. The summed E-state index contributed by atoms with van der Waals surface area (Å²) < 4.78 is 3.30. The molecule has 7 heteroatoms. The zero-order chi connectivity index (χ0) is 12.7. The van der Waals surface area contributed by atoms with Gasteiger partial charge in [-0.25, -0.2) is 4.98 Å². The number of aryl methyl sites for hydroxylation is 1. The van der Waals surface area contributed by atoms with Gasteiger partial charge in [0.1, 0.15) is 5.82 Å². The van der Waals surface area contributed by atoms with Gasteiger partial charge in [0.2, 0.25) is 5.78 Å². The number of nitrogens with zero attached hydrogens (tertiary/aromatic N) is 4. The van der Waals surface area contributed by atoms with E-state index < -0.39 is 5.97 Å². The normalized spacial score (nSPS) is 11.6. The monoisotopic (exact) mass is 256 g/mol. The van der Waals surface area contributed by atoms with Gasteiger partial charge in [0, 0.05) is 13.0 Å². The predicted octanol–water partition coefficient (Wildman–Crippen LogP) is 1.47. The molecule has 0 unspecified atom stereocenters. The van der Waals surface area contributed by atoms with Crippen LogP contribution in [0.4, 0.5) is 0 Å². The van der Waals surface area contributed by atoms with Crippen LogP contribution in [0.25, 0.3) is 5.78 Å². The van der Waals surface area contributed by atoms with E-state index in [9.17, 15) is 4.79 Å². The molecule has 1 N–H and O–H groups in total. The van der Waals surface area contributed by atoms with Gasteiger partial charge in [0.15, 0.2) is 5.15 Å². The fourth-order valence-corrected chi connectivity index (χ4v) is 1.98. The molecule has 0 aliphatic heterocycles. The number of fused-ring (bicyclic) bond motifs is 1. The Hall–Kier alpha value is -1.56. The van der Waals surface area contributed by atoms with Crippen LogP contribution in [-0.2, 0) is 18.3 Å². The molecule has 2 aromatic rings. The molecule has 0 aromatic carbocycles. The minimum absolute atomic E-state index is 0.195. The number of rotatable bonds is 3. The van der Waals surface area contributed by atoms with E-state index in [1.807, 2.05) is 25.5 Å². The van der Waals surface area contributed by atoms with Gasteiger partial charge in [-0.1, -0.05) is 25.4 Å². The molecule has 0 bridgehead atoms. The summed E-state index contributed by atoms with van der Waals surface area (Å²) in [5.74, 6) is 0.714. The summed E-state index contributed by atoms with van der Waals surface area (Å²) in [6, 6.07) is 0. The highest BCUT2D eigenvalue weighted by molar-refractivity contribution is 6.30. The first-order chi connectivity index (χ1) is 7.91. The van der Waals surface area contributed by atoms with Crippen LogP contribution in [0.2, 0.25) is 5.15 Å². The number of carboxylic acids is 1. The number of carboxylic acid groups (broad SMARTS) is 1. The van der Waals surface area contributed by atoms with Crippen molar-refractivity contribution in [3.8, 4) is 0 Å². The first kappa shape index (κ1) is 11.9. The lowest BCUT2D eigenvalue weighted by Gasteiger charge is -2.02. The van der Waals surface area contributed by atoms with Crippen LogP contribution in [-0.4, -0.2) is 30.2 Å². The Morgan fingerprint density at radius 1 is 1.53 bits per heavy atom. The van der Waals surface area contributed by atoms with Gasteiger partial charge < -0.3 is 5.11 Å². The molecule has 2 rings (SSSR count).